The number of carbonyl (C=O) groups excluding carboxylic acids is 1. The Bertz CT molecular complexity index is 1300. The second-order valence-corrected chi connectivity index (χ2v) is 9.76. The lowest BCUT2D eigenvalue weighted by atomic mass is 9.99. The van der Waals surface area contributed by atoms with Gasteiger partial charge >= 0.3 is 0 Å². The van der Waals surface area contributed by atoms with Gasteiger partial charge in [0.2, 0.25) is 15.9 Å². The molecule has 0 atom stereocenters. The van der Waals surface area contributed by atoms with E-state index in [1.807, 2.05) is 38.1 Å². The summed E-state index contributed by atoms with van der Waals surface area (Å²) >= 11 is 0. The van der Waals surface area contributed by atoms with Crippen molar-refractivity contribution in [1.29, 1.82) is 0 Å². The van der Waals surface area contributed by atoms with Gasteiger partial charge in [-0.15, -0.1) is 0 Å². The topological polar surface area (TPSA) is 70.6 Å². The molecular weight excluding hydrogens is 436 g/mol. The molecule has 0 N–H and O–H groups in total. The van der Waals surface area contributed by atoms with Crippen molar-refractivity contribution >= 4 is 26.8 Å². The fourth-order valence-corrected chi connectivity index (χ4v) is 5.58. The number of carbonyl (C=O) groups is 1. The number of aryl methyl sites for hydroxylation is 2. The lowest BCUT2D eigenvalue weighted by Crippen LogP contribution is -2.51. The number of nitrogens with zero attached hydrogens (tertiary/aromatic N) is 3. The molecule has 2 heterocycles. The summed E-state index contributed by atoms with van der Waals surface area (Å²) in [4.78, 5) is 18.5. The Kier molecular flexibility index (Phi) is 5.96. The van der Waals surface area contributed by atoms with Crippen LogP contribution in [-0.4, -0.2) is 54.7 Å². The molecule has 32 heavy (non-hydrogen) atoms. The highest BCUT2D eigenvalue weighted by atomic mass is 32.2. The first-order chi connectivity index (χ1) is 15.2. The molecular formula is C23H23F2N3O3S. The van der Waals surface area contributed by atoms with Gasteiger partial charge in [-0.1, -0.05) is 18.2 Å². The Morgan fingerprint density at radius 3 is 2.44 bits per heavy atom. The quantitative estimate of drug-likeness (QED) is 0.601. The van der Waals surface area contributed by atoms with Crippen LogP contribution in [-0.2, 0) is 21.2 Å². The summed E-state index contributed by atoms with van der Waals surface area (Å²) in [6.07, 6.45) is 0.167. The number of halogens is 2. The van der Waals surface area contributed by atoms with E-state index in [-0.39, 0.29) is 38.5 Å². The summed E-state index contributed by atoms with van der Waals surface area (Å²) in [5.74, 6) is -1.95. The molecule has 1 aromatic heterocycles. The maximum Gasteiger partial charge on any atom is 0.246 e. The maximum absolute atomic E-state index is 14.0. The third kappa shape index (κ3) is 4.10. The molecule has 0 unspecified atom stereocenters. The zero-order valence-electron chi connectivity index (χ0n) is 17.8. The van der Waals surface area contributed by atoms with E-state index in [0.717, 1.165) is 44.2 Å². The Hall–Kier alpha value is -2.91. The van der Waals surface area contributed by atoms with E-state index in [9.17, 15) is 22.0 Å². The molecule has 0 saturated carbocycles. The van der Waals surface area contributed by atoms with Crippen LogP contribution in [0.3, 0.4) is 0 Å². The first-order valence-electron chi connectivity index (χ1n) is 10.3. The summed E-state index contributed by atoms with van der Waals surface area (Å²) in [6.45, 7) is 4.22. The lowest BCUT2D eigenvalue weighted by molar-refractivity contribution is -0.131. The van der Waals surface area contributed by atoms with Crippen molar-refractivity contribution in [3.63, 3.8) is 0 Å². The van der Waals surface area contributed by atoms with Crippen molar-refractivity contribution in [3.8, 4) is 0 Å². The summed E-state index contributed by atoms with van der Waals surface area (Å²) < 4.78 is 54.1. The van der Waals surface area contributed by atoms with Crippen LogP contribution >= 0.6 is 0 Å². The number of benzene rings is 2. The third-order valence-corrected chi connectivity index (χ3v) is 7.83. The predicted octanol–water partition coefficient (Wildman–Crippen LogP) is 3.21. The van der Waals surface area contributed by atoms with Crippen LogP contribution in [0, 0.1) is 25.5 Å². The number of hydrogen-bond acceptors (Lipinski definition) is 4. The van der Waals surface area contributed by atoms with E-state index in [1.165, 1.54) is 0 Å². The van der Waals surface area contributed by atoms with Crippen molar-refractivity contribution in [1.82, 2.24) is 14.2 Å². The molecule has 168 valence electrons. The molecule has 3 aromatic rings. The van der Waals surface area contributed by atoms with Crippen LogP contribution < -0.4 is 0 Å². The molecule has 1 amide bonds. The average Bonchev–Trinajstić information content (AvgIpc) is 2.78. The molecule has 0 spiro atoms. The normalized spacial score (nSPS) is 15.3. The second kappa shape index (κ2) is 8.55. The minimum absolute atomic E-state index is 0.0119. The van der Waals surface area contributed by atoms with Crippen molar-refractivity contribution in [2.24, 2.45) is 0 Å². The number of hydrogen-bond donors (Lipinski definition) is 0. The molecule has 0 radical (unpaired) electrons. The van der Waals surface area contributed by atoms with Gasteiger partial charge in [0.1, 0.15) is 16.5 Å². The van der Waals surface area contributed by atoms with Gasteiger partial charge in [0.05, 0.1) is 11.9 Å². The summed E-state index contributed by atoms with van der Waals surface area (Å²) in [5, 5.41) is 0.994. The first kappa shape index (κ1) is 22.3. The number of aromatic nitrogens is 1. The fraction of sp³-hybridized carbons (Fsp3) is 0.304. The molecule has 6 nitrogen and oxygen atoms in total. The van der Waals surface area contributed by atoms with E-state index < -0.39 is 26.6 Å². The van der Waals surface area contributed by atoms with Crippen molar-refractivity contribution in [2.45, 2.75) is 25.2 Å². The zero-order valence-corrected chi connectivity index (χ0v) is 18.6. The van der Waals surface area contributed by atoms with E-state index in [0.29, 0.717) is 6.07 Å². The minimum atomic E-state index is -4.19. The number of para-hydroxylation sites is 1. The predicted molar refractivity (Wildman–Crippen MR) is 117 cm³/mol. The number of piperazine rings is 1. The molecule has 2 aromatic carbocycles. The van der Waals surface area contributed by atoms with Crippen LogP contribution in [0.1, 0.15) is 16.8 Å². The van der Waals surface area contributed by atoms with Gasteiger partial charge in [0.15, 0.2) is 0 Å². The zero-order chi connectivity index (χ0) is 23.0. The largest absolute Gasteiger partial charge is 0.340 e. The number of pyridine rings is 1. The Balaban J connectivity index is 1.48. The number of rotatable bonds is 4. The smallest absolute Gasteiger partial charge is 0.246 e. The minimum Gasteiger partial charge on any atom is -0.340 e. The Labute approximate surface area is 185 Å². The number of fused-ring (bicyclic) bond motifs is 1. The van der Waals surface area contributed by atoms with Crippen LogP contribution in [0.4, 0.5) is 8.78 Å². The van der Waals surface area contributed by atoms with Gasteiger partial charge in [-0.05, 0) is 49.2 Å². The summed E-state index contributed by atoms with van der Waals surface area (Å²) in [7, 11) is -4.19. The molecule has 1 fully saturated rings. The van der Waals surface area contributed by atoms with Gasteiger partial charge in [-0.25, -0.2) is 17.2 Å². The lowest BCUT2D eigenvalue weighted by Gasteiger charge is -2.34. The van der Waals surface area contributed by atoms with E-state index >= 15 is 0 Å². The highest BCUT2D eigenvalue weighted by molar-refractivity contribution is 7.89. The molecule has 1 aliphatic heterocycles. The number of sulfonamides is 1. The first-order valence-corrected chi connectivity index (χ1v) is 11.7. The monoisotopic (exact) mass is 459 g/mol. The Morgan fingerprint density at radius 2 is 1.72 bits per heavy atom. The van der Waals surface area contributed by atoms with Gasteiger partial charge in [-0.2, -0.15) is 4.31 Å². The van der Waals surface area contributed by atoms with Gasteiger partial charge in [0, 0.05) is 37.3 Å². The molecule has 1 saturated heterocycles. The second-order valence-electron chi connectivity index (χ2n) is 7.85. The van der Waals surface area contributed by atoms with Gasteiger partial charge in [0.25, 0.3) is 0 Å². The molecule has 9 heteroatoms. The summed E-state index contributed by atoms with van der Waals surface area (Å²) in [5.41, 5.74) is 3.54. The van der Waals surface area contributed by atoms with Crippen molar-refractivity contribution in [3.05, 3.63) is 70.9 Å². The Morgan fingerprint density at radius 1 is 1.03 bits per heavy atom. The molecule has 0 bridgehead atoms. The van der Waals surface area contributed by atoms with Crippen LogP contribution in [0.2, 0.25) is 0 Å². The van der Waals surface area contributed by atoms with Gasteiger partial charge < -0.3 is 4.90 Å². The molecule has 4 rings (SSSR count). The molecule has 1 aliphatic rings. The average molecular weight is 460 g/mol. The standard InChI is InChI=1S/C23H23F2N3O3S/c1-15-18-5-3-4-6-21(18)26-16(2)19(15)14-23(29)27-9-11-28(12-10-27)32(30,31)22-13-17(24)7-8-20(22)25/h3-8,13H,9-12,14H2,1-2H3. The highest BCUT2D eigenvalue weighted by Gasteiger charge is 2.32. The van der Waals surface area contributed by atoms with E-state index in [2.05, 4.69) is 4.98 Å². The number of amides is 1. The third-order valence-electron chi connectivity index (χ3n) is 5.92. The van der Waals surface area contributed by atoms with E-state index in [1.54, 1.807) is 4.90 Å². The van der Waals surface area contributed by atoms with E-state index in [4.69, 9.17) is 0 Å². The van der Waals surface area contributed by atoms with Crippen molar-refractivity contribution < 1.29 is 22.0 Å². The van der Waals surface area contributed by atoms with Gasteiger partial charge in [-0.3, -0.25) is 9.78 Å². The van der Waals surface area contributed by atoms with Crippen LogP contribution in [0.15, 0.2) is 47.4 Å². The van der Waals surface area contributed by atoms with Crippen molar-refractivity contribution in [2.75, 3.05) is 26.2 Å². The van der Waals surface area contributed by atoms with Crippen LogP contribution in [0.5, 0.6) is 0 Å². The molecule has 0 aliphatic carbocycles. The highest BCUT2D eigenvalue weighted by Crippen LogP contribution is 2.25. The fourth-order valence-electron chi connectivity index (χ4n) is 4.09. The van der Waals surface area contributed by atoms with Crippen LogP contribution in [0.25, 0.3) is 10.9 Å². The SMILES string of the molecule is Cc1nc2ccccc2c(C)c1CC(=O)N1CCN(S(=O)(=O)c2cc(F)ccc2F)CC1. The maximum atomic E-state index is 14.0. The summed E-state index contributed by atoms with van der Waals surface area (Å²) in [6, 6.07) is 10.1.